The Morgan fingerprint density at radius 3 is 0.900 bits per heavy atom. The highest BCUT2D eigenvalue weighted by Gasteiger charge is 2.28. The number of carbonyl (C=O) groups excluding carboxylic acids is 2. The van der Waals surface area contributed by atoms with Crippen LogP contribution in [0.1, 0.15) is 213 Å². The van der Waals surface area contributed by atoms with Crippen LogP contribution in [0.25, 0.3) is 72.6 Å². The van der Waals surface area contributed by atoms with E-state index in [-0.39, 0.29) is 11.9 Å². The van der Waals surface area contributed by atoms with Gasteiger partial charge < -0.3 is 28.4 Å². The summed E-state index contributed by atoms with van der Waals surface area (Å²) in [6, 6.07) is 76.6. The van der Waals surface area contributed by atoms with E-state index in [9.17, 15) is 9.59 Å². The van der Waals surface area contributed by atoms with Gasteiger partial charge in [0.2, 0.25) is 0 Å². The van der Waals surface area contributed by atoms with E-state index in [4.69, 9.17) is 28.4 Å². The van der Waals surface area contributed by atoms with Crippen molar-refractivity contribution in [3.63, 3.8) is 0 Å². The fraction of sp³-hybridized carbons (Fsp3) is 0.250. The van der Waals surface area contributed by atoms with Crippen molar-refractivity contribution in [2.75, 3.05) is 13.2 Å². The summed E-state index contributed by atoms with van der Waals surface area (Å²) in [6.45, 7) is 9.51. The number of allylic oxidation sites excluding steroid dienone is 19. The summed E-state index contributed by atoms with van der Waals surface area (Å²) in [5, 5.41) is 7.13. The second-order valence-electron chi connectivity index (χ2n) is 32.4. The molecule has 2 aliphatic carbocycles. The molecule has 0 amide bonds. The molecule has 0 fully saturated rings. The molecular weight excluding hydrogens is 1470 g/mol. The first-order chi connectivity index (χ1) is 59.0. The number of benzene rings is 10. The summed E-state index contributed by atoms with van der Waals surface area (Å²) in [6.07, 6.45) is 57.1. The van der Waals surface area contributed by atoms with Crippen LogP contribution in [-0.4, -0.2) is 25.2 Å². The molecule has 4 aliphatic heterocycles. The molecule has 8 heteroatoms. The minimum atomic E-state index is -0.318. The van der Waals surface area contributed by atoms with Gasteiger partial charge in [-0.1, -0.05) is 365 Å². The molecule has 8 nitrogen and oxygen atoms in total. The van der Waals surface area contributed by atoms with Crippen LogP contribution in [0.15, 0.2) is 349 Å². The quantitative estimate of drug-likeness (QED) is 0.0304. The second kappa shape index (κ2) is 41.2. The molecule has 0 radical (unpaired) electrons. The average molecular weight is 1580 g/mol. The summed E-state index contributed by atoms with van der Waals surface area (Å²) in [4.78, 5) is 26.2. The lowest BCUT2D eigenvalue weighted by molar-refractivity contribution is 0.0488. The van der Waals surface area contributed by atoms with Crippen LogP contribution in [0.3, 0.4) is 0 Å². The summed E-state index contributed by atoms with van der Waals surface area (Å²) in [5.41, 5.74) is 15.0. The minimum Gasteiger partial charge on any atom is -0.462 e. The van der Waals surface area contributed by atoms with Crippen LogP contribution in [0.4, 0.5) is 0 Å². The van der Waals surface area contributed by atoms with Crippen LogP contribution < -0.4 is 0 Å². The van der Waals surface area contributed by atoms with E-state index in [1.165, 1.54) is 146 Å². The van der Waals surface area contributed by atoms with Crippen molar-refractivity contribution in [1.29, 1.82) is 0 Å². The zero-order chi connectivity index (χ0) is 82.2. The molecule has 6 aliphatic rings. The second-order valence-corrected chi connectivity index (χ2v) is 32.4. The first-order valence-corrected chi connectivity index (χ1v) is 43.9. The Labute approximate surface area is 709 Å². The van der Waals surface area contributed by atoms with Gasteiger partial charge in [-0.15, -0.1) is 0 Å². The van der Waals surface area contributed by atoms with Gasteiger partial charge in [0, 0.05) is 56.4 Å². The van der Waals surface area contributed by atoms with Gasteiger partial charge in [-0.05, 0) is 172 Å². The molecule has 2 unspecified atom stereocenters. The number of rotatable bonds is 32. The van der Waals surface area contributed by atoms with Gasteiger partial charge in [-0.25, -0.2) is 9.59 Å². The van der Waals surface area contributed by atoms with Gasteiger partial charge in [-0.2, -0.15) is 0 Å². The molecule has 4 heterocycles. The number of carbonyl (C=O) groups is 2. The van der Waals surface area contributed by atoms with Crippen LogP contribution in [-0.2, 0) is 28.4 Å². The molecule has 10 aromatic rings. The third kappa shape index (κ3) is 21.9. The topological polar surface area (TPSA) is 89.5 Å². The first kappa shape index (κ1) is 82.6. The third-order valence-electron chi connectivity index (χ3n) is 23.3. The monoisotopic (exact) mass is 1580 g/mol. The largest absolute Gasteiger partial charge is 0.462 e. The highest BCUT2D eigenvalue weighted by atomic mass is 16.5. The number of fused-ring (bicyclic) bond motifs is 4. The zero-order valence-corrected chi connectivity index (χ0v) is 70.0. The highest BCUT2D eigenvalue weighted by Crippen LogP contribution is 2.43. The number of hydrogen-bond acceptors (Lipinski definition) is 8. The van der Waals surface area contributed by atoms with Crippen LogP contribution in [0.2, 0.25) is 0 Å². The molecule has 606 valence electrons. The zero-order valence-electron chi connectivity index (χ0n) is 70.0. The summed E-state index contributed by atoms with van der Waals surface area (Å²) in [7, 11) is 0. The van der Waals surface area contributed by atoms with Crippen molar-refractivity contribution in [2.24, 2.45) is 11.8 Å². The Morgan fingerprint density at radius 2 is 0.558 bits per heavy atom. The predicted molar refractivity (Wildman–Crippen MR) is 496 cm³/mol. The highest BCUT2D eigenvalue weighted by molar-refractivity contribution is 5.94. The third-order valence-corrected chi connectivity index (χ3v) is 23.3. The molecule has 16 rings (SSSR count). The van der Waals surface area contributed by atoms with Crippen molar-refractivity contribution < 1.29 is 38.0 Å². The van der Waals surface area contributed by atoms with E-state index in [0.717, 1.165) is 127 Å². The van der Waals surface area contributed by atoms with Gasteiger partial charge in [0.1, 0.15) is 46.1 Å². The van der Waals surface area contributed by atoms with Crippen molar-refractivity contribution in [2.45, 2.75) is 156 Å². The van der Waals surface area contributed by atoms with E-state index < -0.39 is 0 Å². The Hall–Kier alpha value is -12.5. The SMILES string of the molecule is C1=CC2C=CC(C3=CC(=C4C=C(c5ccc6ccccc6c5)OC(c5ccc6ccccc6c5)=C4)C=C(c4ccc5ccccc5c4)O3)=CC2C=C1.CCCCCCCCCCCCOC(=O)c1ccc(C2=CC(=C3C=C(c4ccc(C)cc4)OC(c4ccc(C)cc4)=C3)C=C(c3ccc(C(=O)OCCCCCCCCCCCC)cc3)O2)cc1. The predicted octanol–water partition coefficient (Wildman–Crippen LogP) is 29.9. The van der Waals surface area contributed by atoms with E-state index in [1.807, 2.05) is 36.4 Å². The number of aryl methyl sites for hydroxylation is 2. The average Bonchev–Trinajstić information content (AvgIpc) is 0.838. The van der Waals surface area contributed by atoms with Gasteiger partial charge in [0.05, 0.1) is 24.3 Å². The molecule has 0 aromatic heterocycles. The lowest BCUT2D eigenvalue weighted by atomic mass is 9.82. The Balaban J connectivity index is 0.000000193. The standard InChI is InChI=1S/C62H76O6.C50H34O2/c1-5-7-9-11-13-15-17-19-21-23-41-65-61(63)53-37-33-51(34-38-53)59-45-56(55-43-57(49-29-25-47(3)26-30-49)67-58(44-55)50-31-27-48(4)28-32-50)46-60(68-59)52-35-39-54(40-36-52)62(64)66-42-24-22-20-18-16-14-12-10-8-6-2;1-5-13-37-25-41(21-17-33(37)9-1)47-29-45(30-48(51-47)42-22-18-34-10-2-6-14-38(34)26-42)46-31-49(43-23-19-35-11-3-7-15-39(35)27-43)52-50(32-46)44-24-20-36-12-4-8-16-40(36)28-44/h25-40,43-46H,5-24,41-42H2,1-4H3;1-33,37H. The lowest BCUT2D eigenvalue weighted by Crippen LogP contribution is -2.13. The first-order valence-electron chi connectivity index (χ1n) is 43.9. The van der Waals surface area contributed by atoms with Crippen LogP contribution in [0, 0.1) is 25.7 Å². The molecule has 0 N–H and O–H groups in total. The Kier molecular flexibility index (Phi) is 28.4. The minimum absolute atomic E-state index is 0.294. The summed E-state index contributed by atoms with van der Waals surface area (Å²) < 4.78 is 38.4. The molecule has 120 heavy (non-hydrogen) atoms. The van der Waals surface area contributed by atoms with Gasteiger partial charge in [0.15, 0.2) is 0 Å². The summed E-state index contributed by atoms with van der Waals surface area (Å²) >= 11 is 0. The molecule has 2 atom stereocenters. The van der Waals surface area contributed by atoms with Crippen molar-refractivity contribution in [1.82, 2.24) is 0 Å². The smallest absolute Gasteiger partial charge is 0.338 e. The number of unbranched alkanes of at least 4 members (excludes halogenated alkanes) is 18. The molecule has 0 spiro atoms. The van der Waals surface area contributed by atoms with Crippen molar-refractivity contribution >= 4 is 84.6 Å². The molecule has 0 saturated heterocycles. The maximum atomic E-state index is 13.1. The van der Waals surface area contributed by atoms with Gasteiger partial charge >= 0.3 is 11.9 Å². The van der Waals surface area contributed by atoms with Crippen molar-refractivity contribution in [3.8, 4) is 0 Å². The molecule has 0 saturated carbocycles. The fourth-order valence-corrected chi connectivity index (χ4v) is 16.1. The lowest BCUT2D eigenvalue weighted by Gasteiger charge is -2.27. The fourth-order valence-electron chi connectivity index (χ4n) is 16.1. The van der Waals surface area contributed by atoms with Gasteiger partial charge in [0.25, 0.3) is 0 Å². The summed E-state index contributed by atoms with van der Waals surface area (Å²) in [5.74, 6) is 6.00. The number of ether oxygens (including phenoxy) is 6. The molecular formula is C112H110O8. The number of esters is 2. The van der Waals surface area contributed by atoms with E-state index in [2.05, 4.69) is 283 Å². The normalized spacial score (nSPS) is 16.0. The van der Waals surface area contributed by atoms with E-state index >= 15 is 0 Å². The molecule has 10 aromatic carbocycles. The van der Waals surface area contributed by atoms with Crippen LogP contribution >= 0.6 is 0 Å². The van der Waals surface area contributed by atoms with E-state index in [1.54, 1.807) is 24.3 Å². The van der Waals surface area contributed by atoms with Gasteiger partial charge in [-0.3, -0.25) is 0 Å². The van der Waals surface area contributed by atoms with E-state index in [0.29, 0.717) is 47.7 Å². The Bertz CT molecular complexity index is 5530. The van der Waals surface area contributed by atoms with Crippen LogP contribution in [0.5, 0.6) is 0 Å². The maximum Gasteiger partial charge on any atom is 0.338 e. The Morgan fingerprint density at radius 1 is 0.283 bits per heavy atom. The maximum absolute atomic E-state index is 13.1. The van der Waals surface area contributed by atoms with Crippen molar-refractivity contribution in [3.05, 3.63) is 410 Å². The number of hydrogen-bond donors (Lipinski definition) is 0. The molecule has 0 bridgehead atoms.